The van der Waals surface area contributed by atoms with Gasteiger partial charge in [0.15, 0.2) is 5.13 Å². The van der Waals surface area contributed by atoms with Crippen molar-refractivity contribution in [3.05, 3.63) is 11.1 Å². The van der Waals surface area contributed by atoms with Crippen molar-refractivity contribution in [2.24, 2.45) is 0 Å². The highest BCUT2D eigenvalue weighted by atomic mass is 32.1. The minimum atomic E-state index is 0.779. The zero-order valence-corrected chi connectivity index (χ0v) is 8.40. The van der Waals surface area contributed by atoms with Crippen LogP contribution in [0.25, 0.3) is 0 Å². The lowest BCUT2D eigenvalue weighted by molar-refractivity contribution is 0.899. The van der Waals surface area contributed by atoms with E-state index in [0.29, 0.717) is 0 Å². The summed E-state index contributed by atoms with van der Waals surface area (Å²) >= 11 is 1.77. The Kier molecular flexibility index (Phi) is 2.05. The Morgan fingerprint density at radius 3 is 2.92 bits per heavy atom. The van der Waals surface area contributed by atoms with Gasteiger partial charge in [0.25, 0.3) is 0 Å². The third-order valence-electron chi connectivity index (χ3n) is 2.30. The van der Waals surface area contributed by atoms with Crippen LogP contribution in [0.15, 0.2) is 5.38 Å². The Morgan fingerprint density at radius 1 is 1.67 bits per heavy atom. The summed E-state index contributed by atoms with van der Waals surface area (Å²) in [6.45, 7) is 2.15. The molecular formula is C9H14N2S. The topological polar surface area (TPSA) is 16.1 Å². The Hall–Kier alpha value is -0.570. The van der Waals surface area contributed by atoms with E-state index in [1.54, 1.807) is 11.3 Å². The number of nitrogens with zero attached hydrogens (tertiary/aromatic N) is 2. The lowest BCUT2D eigenvalue weighted by Gasteiger charge is -2.13. The van der Waals surface area contributed by atoms with Crippen LogP contribution in [0, 0.1) is 0 Å². The third kappa shape index (κ3) is 1.46. The van der Waals surface area contributed by atoms with Crippen LogP contribution < -0.4 is 4.90 Å². The second-order valence-corrected chi connectivity index (χ2v) is 4.15. The SMILES string of the molecule is CCc1csc(N(C)C2CC2)n1. The molecule has 1 aliphatic rings. The van der Waals surface area contributed by atoms with Gasteiger partial charge in [-0.05, 0) is 19.3 Å². The zero-order chi connectivity index (χ0) is 8.55. The molecule has 12 heavy (non-hydrogen) atoms. The number of rotatable bonds is 3. The molecule has 0 unspecified atom stereocenters. The summed E-state index contributed by atoms with van der Waals surface area (Å²) in [5, 5.41) is 3.35. The summed E-state index contributed by atoms with van der Waals surface area (Å²) in [6, 6.07) is 0.779. The average Bonchev–Trinajstić information content (AvgIpc) is 2.82. The summed E-state index contributed by atoms with van der Waals surface area (Å²) in [5.41, 5.74) is 1.22. The molecule has 0 aliphatic heterocycles. The van der Waals surface area contributed by atoms with Crippen LogP contribution in [-0.4, -0.2) is 18.1 Å². The molecule has 0 bridgehead atoms. The van der Waals surface area contributed by atoms with Crippen molar-refractivity contribution in [1.82, 2.24) is 4.98 Å². The van der Waals surface area contributed by atoms with E-state index < -0.39 is 0 Å². The lowest BCUT2D eigenvalue weighted by Crippen LogP contribution is -2.18. The normalized spacial score (nSPS) is 16.5. The molecule has 0 spiro atoms. The summed E-state index contributed by atoms with van der Waals surface area (Å²) in [4.78, 5) is 6.84. The van der Waals surface area contributed by atoms with Crippen LogP contribution in [0.2, 0.25) is 0 Å². The minimum absolute atomic E-state index is 0.779. The van der Waals surface area contributed by atoms with Crippen LogP contribution in [-0.2, 0) is 6.42 Å². The first-order valence-electron chi connectivity index (χ1n) is 4.48. The molecule has 1 saturated carbocycles. The largest absolute Gasteiger partial charge is 0.348 e. The van der Waals surface area contributed by atoms with E-state index in [4.69, 9.17) is 0 Å². The Balaban J connectivity index is 2.10. The predicted molar refractivity (Wildman–Crippen MR) is 52.9 cm³/mol. The van der Waals surface area contributed by atoms with E-state index in [9.17, 15) is 0 Å². The standard InChI is InChI=1S/C9H14N2S/c1-3-7-6-12-9(10-7)11(2)8-4-5-8/h6,8H,3-5H2,1-2H3. The fourth-order valence-electron chi connectivity index (χ4n) is 1.24. The van der Waals surface area contributed by atoms with Crippen molar-refractivity contribution in [3.8, 4) is 0 Å². The van der Waals surface area contributed by atoms with E-state index in [1.807, 2.05) is 0 Å². The van der Waals surface area contributed by atoms with Gasteiger partial charge in [0.2, 0.25) is 0 Å². The van der Waals surface area contributed by atoms with E-state index in [2.05, 4.69) is 29.2 Å². The molecule has 1 aromatic heterocycles. The van der Waals surface area contributed by atoms with E-state index >= 15 is 0 Å². The number of hydrogen-bond acceptors (Lipinski definition) is 3. The van der Waals surface area contributed by atoms with Crippen molar-refractivity contribution >= 4 is 16.5 Å². The van der Waals surface area contributed by atoms with Gasteiger partial charge in [0, 0.05) is 18.5 Å². The Morgan fingerprint density at radius 2 is 2.42 bits per heavy atom. The first-order chi connectivity index (χ1) is 5.81. The quantitative estimate of drug-likeness (QED) is 0.713. The molecule has 0 N–H and O–H groups in total. The highest BCUT2D eigenvalue weighted by Gasteiger charge is 2.27. The van der Waals surface area contributed by atoms with Gasteiger partial charge >= 0.3 is 0 Å². The second kappa shape index (κ2) is 3.05. The first-order valence-corrected chi connectivity index (χ1v) is 5.36. The van der Waals surface area contributed by atoms with Crippen LogP contribution in [0.3, 0.4) is 0 Å². The monoisotopic (exact) mass is 182 g/mol. The van der Waals surface area contributed by atoms with Gasteiger partial charge in [-0.3, -0.25) is 0 Å². The molecule has 0 saturated heterocycles. The zero-order valence-electron chi connectivity index (χ0n) is 7.58. The number of anilines is 1. The van der Waals surface area contributed by atoms with Gasteiger partial charge in [0.1, 0.15) is 0 Å². The third-order valence-corrected chi connectivity index (χ3v) is 3.28. The molecular weight excluding hydrogens is 168 g/mol. The molecule has 0 amide bonds. The van der Waals surface area contributed by atoms with Crippen molar-refractivity contribution in [2.75, 3.05) is 11.9 Å². The summed E-state index contributed by atoms with van der Waals surface area (Å²) in [5.74, 6) is 0. The van der Waals surface area contributed by atoms with Crippen LogP contribution >= 0.6 is 11.3 Å². The second-order valence-electron chi connectivity index (χ2n) is 3.32. The maximum Gasteiger partial charge on any atom is 0.185 e. The summed E-state index contributed by atoms with van der Waals surface area (Å²) in [7, 11) is 2.15. The molecule has 2 nitrogen and oxygen atoms in total. The predicted octanol–water partition coefficient (Wildman–Crippen LogP) is 2.30. The lowest BCUT2D eigenvalue weighted by atomic mass is 10.4. The number of aryl methyl sites for hydroxylation is 1. The fraction of sp³-hybridized carbons (Fsp3) is 0.667. The maximum absolute atomic E-state index is 4.53. The molecule has 66 valence electrons. The molecule has 1 aliphatic carbocycles. The van der Waals surface area contributed by atoms with E-state index in [-0.39, 0.29) is 0 Å². The number of aromatic nitrogens is 1. The summed E-state index contributed by atoms with van der Waals surface area (Å²) < 4.78 is 0. The van der Waals surface area contributed by atoms with Crippen molar-refractivity contribution in [2.45, 2.75) is 32.2 Å². The molecule has 1 fully saturated rings. The van der Waals surface area contributed by atoms with Gasteiger partial charge in [-0.15, -0.1) is 11.3 Å². The van der Waals surface area contributed by atoms with Crippen LogP contribution in [0.5, 0.6) is 0 Å². The molecule has 0 aromatic carbocycles. The fourth-order valence-corrected chi connectivity index (χ4v) is 2.18. The van der Waals surface area contributed by atoms with Crippen molar-refractivity contribution in [1.29, 1.82) is 0 Å². The molecule has 0 radical (unpaired) electrons. The average molecular weight is 182 g/mol. The summed E-state index contributed by atoms with van der Waals surface area (Å²) in [6.07, 6.45) is 3.74. The maximum atomic E-state index is 4.53. The van der Waals surface area contributed by atoms with Crippen LogP contribution in [0.1, 0.15) is 25.5 Å². The highest BCUT2D eigenvalue weighted by Crippen LogP contribution is 2.31. The Bertz CT molecular complexity index is 265. The smallest absolute Gasteiger partial charge is 0.185 e. The molecule has 3 heteroatoms. The Labute approximate surface area is 77.2 Å². The van der Waals surface area contributed by atoms with E-state index in [1.165, 1.54) is 23.7 Å². The van der Waals surface area contributed by atoms with Gasteiger partial charge in [-0.25, -0.2) is 4.98 Å². The van der Waals surface area contributed by atoms with E-state index in [0.717, 1.165) is 12.5 Å². The van der Waals surface area contributed by atoms with Crippen molar-refractivity contribution in [3.63, 3.8) is 0 Å². The van der Waals surface area contributed by atoms with Gasteiger partial charge in [-0.2, -0.15) is 0 Å². The molecule has 2 rings (SSSR count). The first kappa shape index (κ1) is 8.05. The number of hydrogen-bond donors (Lipinski definition) is 0. The minimum Gasteiger partial charge on any atom is -0.348 e. The number of thiazole rings is 1. The highest BCUT2D eigenvalue weighted by molar-refractivity contribution is 7.13. The van der Waals surface area contributed by atoms with Gasteiger partial charge < -0.3 is 4.90 Å². The van der Waals surface area contributed by atoms with Crippen LogP contribution in [0.4, 0.5) is 5.13 Å². The van der Waals surface area contributed by atoms with Gasteiger partial charge in [0.05, 0.1) is 5.69 Å². The van der Waals surface area contributed by atoms with Crippen molar-refractivity contribution < 1.29 is 0 Å². The molecule has 1 aromatic rings. The molecule has 1 heterocycles. The molecule has 0 atom stereocenters. The van der Waals surface area contributed by atoms with Gasteiger partial charge in [-0.1, -0.05) is 6.92 Å².